The minimum atomic E-state index is -0.469. The largest absolute Gasteiger partial charge is 0.394 e. The van der Waals surface area contributed by atoms with E-state index in [9.17, 15) is 5.11 Å². The van der Waals surface area contributed by atoms with Crippen LogP contribution in [0.1, 0.15) is 12.5 Å². The fourth-order valence-electron chi connectivity index (χ4n) is 3.86. The number of hydrogen-bond donors (Lipinski definition) is 2. The lowest BCUT2D eigenvalue weighted by molar-refractivity contribution is 0.0723. The molecule has 0 aliphatic rings. The van der Waals surface area contributed by atoms with Crippen molar-refractivity contribution in [3.05, 3.63) is 72.3 Å². The van der Waals surface area contributed by atoms with Crippen molar-refractivity contribution in [1.82, 2.24) is 5.32 Å². The Morgan fingerprint density at radius 2 is 1.50 bits per heavy atom. The highest BCUT2D eigenvalue weighted by Crippen LogP contribution is 2.33. The van der Waals surface area contributed by atoms with Crippen LogP contribution in [0.25, 0.3) is 32.3 Å². The van der Waals surface area contributed by atoms with Crippen molar-refractivity contribution in [2.75, 3.05) is 20.3 Å². The second-order valence-electron chi connectivity index (χ2n) is 7.47. The number of methoxy groups -OCH3 is 1. The van der Waals surface area contributed by atoms with Gasteiger partial charge in [-0.05, 0) is 50.9 Å². The lowest BCUT2D eigenvalue weighted by atomic mass is 9.93. The van der Waals surface area contributed by atoms with Crippen LogP contribution in [0, 0.1) is 0 Å². The van der Waals surface area contributed by atoms with Gasteiger partial charge in [0.15, 0.2) is 0 Å². The van der Waals surface area contributed by atoms with Gasteiger partial charge in [0.1, 0.15) is 0 Å². The Kier molecular flexibility index (Phi) is 6.21. The summed E-state index contributed by atoms with van der Waals surface area (Å²) < 4.78 is 5.28. The molecule has 146 valence electrons. The van der Waals surface area contributed by atoms with Crippen molar-refractivity contribution in [1.29, 1.82) is 0 Å². The van der Waals surface area contributed by atoms with Crippen LogP contribution in [0.15, 0.2) is 66.7 Å². The maximum atomic E-state index is 9.78. The molecule has 0 spiro atoms. The average Bonchev–Trinajstić information content (AvgIpc) is 2.72. The van der Waals surface area contributed by atoms with E-state index in [1.54, 1.807) is 7.11 Å². The normalized spacial score (nSPS) is 13.5. The fraction of sp³-hybridized carbons (Fsp3) is 0.250. The van der Waals surface area contributed by atoms with Crippen molar-refractivity contribution in [2.45, 2.75) is 19.0 Å². The fourth-order valence-corrected chi connectivity index (χ4v) is 3.86. The van der Waals surface area contributed by atoms with Crippen LogP contribution < -0.4 is 5.32 Å². The number of aliphatic hydroxyl groups is 1. The first-order chi connectivity index (χ1) is 13.1. The number of aliphatic hydroxyl groups excluding tert-OH is 1. The summed E-state index contributed by atoms with van der Waals surface area (Å²) in [6.07, 6.45) is 0. The quantitative estimate of drug-likeness (QED) is 0.448. The van der Waals surface area contributed by atoms with E-state index in [0.717, 1.165) is 0 Å². The summed E-state index contributed by atoms with van der Waals surface area (Å²) >= 11 is 0. The maximum Gasteiger partial charge on any atom is 0.0664 e. The number of halogens is 1. The van der Waals surface area contributed by atoms with Crippen LogP contribution in [0.3, 0.4) is 0 Å². The van der Waals surface area contributed by atoms with Crippen LogP contribution in [0.5, 0.6) is 0 Å². The molecule has 0 bridgehead atoms. The van der Waals surface area contributed by atoms with Gasteiger partial charge < -0.3 is 15.2 Å². The summed E-state index contributed by atoms with van der Waals surface area (Å²) in [5.41, 5.74) is 0.758. The number of benzene rings is 4. The highest BCUT2D eigenvalue weighted by atomic mass is 35.5. The van der Waals surface area contributed by atoms with Crippen LogP contribution in [0.4, 0.5) is 0 Å². The van der Waals surface area contributed by atoms with Crippen molar-refractivity contribution >= 4 is 44.7 Å². The molecule has 4 aromatic rings. The molecule has 0 saturated heterocycles. The van der Waals surface area contributed by atoms with Crippen LogP contribution in [-0.4, -0.2) is 31.0 Å². The van der Waals surface area contributed by atoms with Crippen LogP contribution in [-0.2, 0) is 11.3 Å². The summed E-state index contributed by atoms with van der Waals surface area (Å²) in [5.74, 6) is 0. The van der Waals surface area contributed by atoms with Gasteiger partial charge in [0.2, 0.25) is 0 Å². The third-order valence-electron chi connectivity index (χ3n) is 5.37. The second kappa shape index (κ2) is 8.46. The molecule has 0 saturated carbocycles. The summed E-state index contributed by atoms with van der Waals surface area (Å²) in [6.45, 7) is 3.13. The first-order valence-corrected chi connectivity index (χ1v) is 9.32. The van der Waals surface area contributed by atoms with Gasteiger partial charge in [0.25, 0.3) is 0 Å². The number of rotatable bonds is 6. The van der Waals surface area contributed by atoms with Gasteiger partial charge in [0.05, 0.1) is 18.8 Å². The minimum Gasteiger partial charge on any atom is -0.394 e. The standard InChI is InChI=1S/C24H25NO2.ClH/c1-24(15-26,16-27-2)25-14-18-13-23-19-8-4-3-7-17(19)11-12-22(23)21-10-6-5-9-20(18)21;/h3-13,25-26H,14-16H2,1-2H3;1H. The van der Waals surface area contributed by atoms with Gasteiger partial charge in [-0.3, -0.25) is 0 Å². The van der Waals surface area contributed by atoms with Gasteiger partial charge in [-0.1, -0.05) is 60.7 Å². The topological polar surface area (TPSA) is 41.5 Å². The molecule has 3 nitrogen and oxygen atoms in total. The Labute approximate surface area is 171 Å². The number of nitrogens with one attached hydrogen (secondary N) is 1. The molecule has 1 unspecified atom stereocenters. The number of ether oxygens (including phenoxy) is 1. The molecule has 4 aromatic carbocycles. The molecule has 0 amide bonds. The molecule has 0 aromatic heterocycles. The van der Waals surface area contributed by atoms with E-state index in [-0.39, 0.29) is 19.0 Å². The molecule has 28 heavy (non-hydrogen) atoms. The van der Waals surface area contributed by atoms with Gasteiger partial charge >= 0.3 is 0 Å². The Bertz CT molecular complexity index is 1110. The minimum absolute atomic E-state index is 0. The van der Waals surface area contributed by atoms with E-state index in [0.29, 0.717) is 13.2 Å². The molecule has 2 N–H and O–H groups in total. The lowest BCUT2D eigenvalue weighted by Crippen LogP contribution is -2.49. The van der Waals surface area contributed by atoms with Gasteiger partial charge in [-0.15, -0.1) is 12.4 Å². The first-order valence-electron chi connectivity index (χ1n) is 9.32. The second-order valence-corrected chi connectivity index (χ2v) is 7.47. The Morgan fingerprint density at radius 1 is 0.857 bits per heavy atom. The molecule has 4 heteroatoms. The van der Waals surface area contributed by atoms with Gasteiger partial charge in [-0.25, -0.2) is 0 Å². The summed E-state index contributed by atoms with van der Waals surface area (Å²) in [5, 5.41) is 20.8. The van der Waals surface area contributed by atoms with Crippen molar-refractivity contribution in [3.8, 4) is 0 Å². The first kappa shape index (κ1) is 20.6. The van der Waals surface area contributed by atoms with Crippen molar-refractivity contribution < 1.29 is 9.84 Å². The third-order valence-corrected chi connectivity index (χ3v) is 5.37. The molecule has 1 atom stereocenters. The number of fused-ring (bicyclic) bond motifs is 5. The molecular weight excluding hydrogens is 370 g/mol. The van der Waals surface area contributed by atoms with Crippen LogP contribution >= 0.6 is 12.4 Å². The zero-order chi connectivity index (χ0) is 18.9. The monoisotopic (exact) mass is 395 g/mol. The van der Waals surface area contributed by atoms with Gasteiger partial charge in [-0.2, -0.15) is 0 Å². The molecule has 4 rings (SSSR count). The molecule has 0 aliphatic carbocycles. The van der Waals surface area contributed by atoms with E-state index >= 15 is 0 Å². The highest BCUT2D eigenvalue weighted by Gasteiger charge is 2.23. The number of hydrogen-bond acceptors (Lipinski definition) is 3. The van der Waals surface area contributed by atoms with E-state index in [4.69, 9.17) is 4.74 Å². The molecule has 0 aliphatic heterocycles. The molecule has 0 radical (unpaired) electrons. The Morgan fingerprint density at radius 3 is 2.21 bits per heavy atom. The van der Waals surface area contributed by atoms with Crippen LogP contribution in [0.2, 0.25) is 0 Å². The summed E-state index contributed by atoms with van der Waals surface area (Å²) in [4.78, 5) is 0. The zero-order valence-electron chi connectivity index (χ0n) is 16.2. The van der Waals surface area contributed by atoms with Crippen molar-refractivity contribution in [3.63, 3.8) is 0 Å². The highest BCUT2D eigenvalue weighted by molar-refractivity contribution is 6.18. The predicted molar refractivity (Wildman–Crippen MR) is 120 cm³/mol. The molecule has 0 fully saturated rings. The summed E-state index contributed by atoms with van der Waals surface area (Å²) in [6, 6.07) is 23.8. The molecule has 0 heterocycles. The Hall–Kier alpha value is -2.17. The van der Waals surface area contributed by atoms with E-state index in [1.807, 2.05) is 6.92 Å². The average molecular weight is 396 g/mol. The lowest BCUT2D eigenvalue weighted by Gasteiger charge is -2.28. The molecular formula is C24H26ClNO2. The van der Waals surface area contributed by atoms with E-state index in [1.165, 1.54) is 37.9 Å². The van der Waals surface area contributed by atoms with Crippen molar-refractivity contribution in [2.24, 2.45) is 0 Å². The van der Waals surface area contributed by atoms with E-state index < -0.39 is 5.54 Å². The summed E-state index contributed by atoms with van der Waals surface area (Å²) in [7, 11) is 1.66. The zero-order valence-corrected chi connectivity index (χ0v) is 17.1. The predicted octanol–water partition coefficient (Wildman–Crippen LogP) is 5.06. The Balaban J connectivity index is 0.00000225. The van der Waals surface area contributed by atoms with E-state index in [2.05, 4.69) is 72.0 Å². The third kappa shape index (κ3) is 3.71. The SMILES string of the molecule is COCC(C)(CO)NCc1cc2c3ccccc3ccc2c2ccccc12.Cl. The maximum absolute atomic E-state index is 9.78. The smallest absolute Gasteiger partial charge is 0.0664 e. The van der Waals surface area contributed by atoms with Gasteiger partial charge in [0, 0.05) is 13.7 Å².